The molecule has 4 nitrogen and oxygen atoms in total. The standard InChI is InChI=1S/C25H16Br2ClNO3/c1-32-19-11-10-13(28)12-18(19)29-22(30)20-21(23(29)31)25(27)15-7-3-2-6-14(15)24(20,26)16-8-4-5-9-17(16)25/h2-12,20-21H,1H3/t20-,21-,24?,25?/m1/s1. The Kier molecular flexibility index (Phi) is 4.27. The van der Waals surface area contributed by atoms with Gasteiger partial charge in [0.15, 0.2) is 0 Å². The van der Waals surface area contributed by atoms with E-state index in [2.05, 4.69) is 31.9 Å². The first-order valence-electron chi connectivity index (χ1n) is 10.1. The van der Waals surface area contributed by atoms with Crippen LogP contribution in [0, 0.1) is 11.8 Å². The Hall–Kier alpha value is -2.15. The zero-order valence-electron chi connectivity index (χ0n) is 16.8. The number of carbonyl (C=O) groups excluding carboxylic acids is 2. The zero-order valence-corrected chi connectivity index (χ0v) is 20.7. The number of anilines is 1. The predicted octanol–water partition coefficient (Wildman–Crippen LogP) is 5.76. The Labute approximate surface area is 206 Å². The topological polar surface area (TPSA) is 46.6 Å². The Bertz CT molecular complexity index is 1220. The van der Waals surface area contributed by atoms with Gasteiger partial charge in [0.05, 0.1) is 33.3 Å². The first-order chi connectivity index (χ1) is 15.3. The van der Waals surface area contributed by atoms with Gasteiger partial charge < -0.3 is 4.74 Å². The molecule has 4 aliphatic rings. The molecule has 0 saturated carbocycles. The number of rotatable bonds is 2. The minimum Gasteiger partial charge on any atom is -0.495 e. The summed E-state index contributed by atoms with van der Waals surface area (Å²) < 4.78 is 3.83. The first-order valence-corrected chi connectivity index (χ1v) is 12.1. The fourth-order valence-electron chi connectivity index (χ4n) is 5.74. The summed E-state index contributed by atoms with van der Waals surface area (Å²) in [6, 6.07) is 21.0. The van der Waals surface area contributed by atoms with Crippen molar-refractivity contribution in [1.82, 2.24) is 0 Å². The molecule has 3 aromatic carbocycles. The number of imide groups is 1. The van der Waals surface area contributed by atoms with Gasteiger partial charge in [0.1, 0.15) is 5.75 Å². The quantitative estimate of drug-likeness (QED) is 0.290. The van der Waals surface area contributed by atoms with E-state index in [-0.39, 0.29) is 11.8 Å². The molecule has 1 saturated heterocycles. The largest absolute Gasteiger partial charge is 0.495 e. The third kappa shape index (κ3) is 2.23. The van der Waals surface area contributed by atoms with Crippen LogP contribution >= 0.6 is 43.5 Å². The molecule has 0 N–H and O–H groups in total. The summed E-state index contributed by atoms with van der Waals surface area (Å²) in [5, 5.41) is 0.424. The maximum atomic E-state index is 14.0. The highest BCUT2D eigenvalue weighted by atomic mass is 79.9. The van der Waals surface area contributed by atoms with Gasteiger partial charge in [0.25, 0.3) is 0 Å². The Morgan fingerprint density at radius 1 is 0.812 bits per heavy atom. The minimum atomic E-state index is -0.826. The molecule has 2 amide bonds. The second-order valence-corrected chi connectivity index (χ2v) is 11.2. The fraction of sp³-hybridized carbons (Fsp3) is 0.200. The average molecular weight is 574 g/mol. The van der Waals surface area contributed by atoms with E-state index in [1.54, 1.807) is 18.2 Å². The lowest BCUT2D eigenvalue weighted by Crippen LogP contribution is -2.56. The summed E-state index contributed by atoms with van der Waals surface area (Å²) >= 11 is 14.3. The maximum Gasteiger partial charge on any atom is 0.240 e. The molecule has 2 atom stereocenters. The monoisotopic (exact) mass is 571 g/mol. The van der Waals surface area contributed by atoms with Gasteiger partial charge in [-0.3, -0.25) is 9.59 Å². The molecule has 2 bridgehead atoms. The molecular weight excluding hydrogens is 558 g/mol. The molecule has 7 heteroatoms. The second kappa shape index (κ2) is 6.69. The number of alkyl halides is 2. The van der Waals surface area contributed by atoms with Gasteiger partial charge in [0.2, 0.25) is 11.8 Å². The Balaban J connectivity index is 1.66. The van der Waals surface area contributed by atoms with Crippen LogP contribution in [0.4, 0.5) is 5.69 Å². The summed E-state index contributed by atoms with van der Waals surface area (Å²) in [7, 11) is 1.51. The molecule has 0 aromatic heterocycles. The highest BCUT2D eigenvalue weighted by Gasteiger charge is 2.72. The average Bonchev–Trinajstić information content (AvgIpc) is 3.08. The van der Waals surface area contributed by atoms with E-state index in [1.807, 2.05) is 48.5 Å². The van der Waals surface area contributed by atoms with Crippen molar-refractivity contribution in [3.05, 3.63) is 94.0 Å². The van der Waals surface area contributed by atoms with Crippen LogP contribution in [0.5, 0.6) is 5.75 Å². The molecule has 160 valence electrons. The molecule has 0 unspecified atom stereocenters. The van der Waals surface area contributed by atoms with Gasteiger partial charge in [0, 0.05) is 5.02 Å². The smallest absolute Gasteiger partial charge is 0.240 e. The summed E-state index contributed by atoms with van der Waals surface area (Å²) in [4.78, 5) is 29.3. The number of halogens is 3. The van der Waals surface area contributed by atoms with Gasteiger partial charge in [-0.25, -0.2) is 4.90 Å². The SMILES string of the molecule is COc1ccc(Cl)cc1N1C(=O)[C@H]2[C@H](C1=O)C1(Br)c3ccccc3C2(Br)c2ccccc21. The third-order valence-corrected chi connectivity index (χ3v) is 9.90. The van der Waals surface area contributed by atoms with E-state index in [4.69, 9.17) is 16.3 Å². The molecule has 1 heterocycles. The van der Waals surface area contributed by atoms with Gasteiger partial charge in [-0.2, -0.15) is 0 Å². The van der Waals surface area contributed by atoms with Gasteiger partial charge in [-0.1, -0.05) is 92.0 Å². The lowest BCUT2D eigenvalue weighted by atomic mass is 9.54. The van der Waals surface area contributed by atoms with E-state index in [9.17, 15) is 9.59 Å². The lowest BCUT2D eigenvalue weighted by molar-refractivity contribution is -0.122. The Morgan fingerprint density at radius 3 is 1.66 bits per heavy atom. The number of hydrogen-bond donors (Lipinski definition) is 0. The minimum absolute atomic E-state index is 0.273. The van der Waals surface area contributed by atoms with Crippen LogP contribution in [-0.2, 0) is 18.2 Å². The summed E-state index contributed by atoms with van der Waals surface area (Å²) in [6.07, 6.45) is 0. The van der Waals surface area contributed by atoms with E-state index >= 15 is 0 Å². The van der Waals surface area contributed by atoms with Crippen molar-refractivity contribution < 1.29 is 14.3 Å². The molecule has 3 aliphatic carbocycles. The molecule has 1 aliphatic heterocycles. The van der Waals surface area contributed by atoms with Crippen molar-refractivity contribution in [2.45, 2.75) is 8.65 Å². The lowest BCUT2D eigenvalue weighted by Gasteiger charge is -2.55. The van der Waals surface area contributed by atoms with E-state index in [1.165, 1.54) is 12.0 Å². The van der Waals surface area contributed by atoms with Gasteiger partial charge in [-0.05, 0) is 40.5 Å². The van der Waals surface area contributed by atoms with Crippen molar-refractivity contribution in [3.63, 3.8) is 0 Å². The number of hydrogen-bond acceptors (Lipinski definition) is 3. The van der Waals surface area contributed by atoms with Crippen molar-refractivity contribution in [1.29, 1.82) is 0 Å². The van der Waals surface area contributed by atoms with Crippen LogP contribution < -0.4 is 9.64 Å². The number of benzene rings is 3. The Morgan fingerprint density at radius 2 is 1.25 bits per heavy atom. The maximum absolute atomic E-state index is 14.0. The van der Waals surface area contributed by atoms with E-state index in [0.29, 0.717) is 16.5 Å². The van der Waals surface area contributed by atoms with Crippen LogP contribution in [0.25, 0.3) is 0 Å². The number of nitrogens with zero attached hydrogens (tertiary/aromatic N) is 1. The molecule has 7 rings (SSSR count). The van der Waals surface area contributed by atoms with E-state index < -0.39 is 20.5 Å². The van der Waals surface area contributed by atoms with Crippen molar-refractivity contribution >= 4 is 61.0 Å². The highest BCUT2D eigenvalue weighted by Crippen LogP contribution is 2.71. The third-order valence-electron chi connectivity index (χ3n) is 6.97. The molecular formula is C25H16Br2ClNO3. The van der Waals surface area contributed by atoms with Crippen LogP contribution in [0.2, 0.25) is 5.02 Å². The van der Waals surface area contributed by atoms with Crippen LogP contribution in [-0.4, -0.2) is 18.9 Å². The normalized spacial score (nSPS) is 29.6. The van der Waals surface area contributed by atoms with Crippen LogP contribution in [0.1, 0.15) is 22.3 Å². The van der Waals surface area contributed by atoms with Crippen LogP contribution in [0.15, 0.2) is 66.7 Å². The summed E-state index contributed by atoms with van der Waals surface area (Å²) in [5.41, 5.74) is 4.36. The summed E-state index contributed by atoms with van der Waals surface area (Å²) in [5.74, 6) is -1.40. The van der Waals surface area contributed by atoms with Crippen molar-refractivity contribution in [2.75, 3.05) is 12.0 Å². The molecule has 3 aromatic rings. The van der Waals surface area contributed by atoms with Gasteiger partial charge >= 0.3 is 0 Å². The highest BCUT2D eigenvalue weighted by molar-refractivity contribution is 9.10. The molecule has 1 fully saturated rings. The number of methoxy groups -OCH3 is 1. The fourth-order valence-corrected chi connectivity index (χ4v) is 8.21. The number of carbonyl (C=O) groups is 2. The van der Waals surface area contributed by atoms with Crippen molar-refractivity contribution in [3.8, 4) is 5.75 Å². The zero-order chi connectivity index (χ0) is 22.4. The molecule has 0 spiro atoms. The predicted molar refractivity (Wildman–Crippen MR) is 130 cm³/mol. The van der Waals surface area contributed by atoms with Gasteiger partial charge in [-0.15, -0.1) is 0 Å². The van der Waals surface area contributed by atoms with Crippen molar-refractivity contribution in [2.24, 2.45) is 11.8 Å². The van der Waals surface area contributed by atoms with E-state index in [0.717, 1.165) is 22.3 Å². The molecule has 0 radical (unpaired) electrons. The molecule has 32 heavy (non-hydrogen) atoms. The van der Waals surface area contributed by atoms with Crippen LogP contribution in [0.3, 0.4) is 0 Å². The first kappa shape index (κ1) is 20.5. The summed E-state index contributed by atoms with van der Waals surface area (Å²) in [6.45, 7) is 0. The number of amides is 2. The number of ether oxygens (including phenoxy) is 1. The second-order valence-electron chi connectivity index (χ2n) is 8.30.